The number of anilines is 1. The number of carbonyl (C=O) groups excluding carboxylic acids is 1. The third kappa shape index (κ3) is 4.91. The van der Waals surface area contributed by atoms with Gasteiger partial charge in [-0.05, 0) is 35.7 Å². The van der Waals surface area contributed by atoms with Gasteiger partial charge in [0.15, 0.2) is 5.75 Å². The van der Waals surface area contributed by atoms with E-state index in [1.165, 1.54) is 25.1 Å². The third-order valence-electron chi connectivity index (χ3n) is 5.80. The second-order valence-corrected chi connectivity index (χ2v) is 9.86. The quantitative estimate of drug-likeness (QED) is 0.138. The summed E-state index contributed by atoms with van der Waals surface area (Å²) in [5.41, 5.74) is 0.692. The lowest BCUT2D eigenvalue weighted by atomic mass is 10.1. The van der Waals surface area contributed by atoms with Crippen LogP contribution in [0.25, 0.3) is 33.2 Å². The van der Waals surface area contributed by atoms with Gasteiger partial charge in [0.1, 0.15) is 22.1 Å². The number of rotatable bonds is 6. The summed E-state index contributed by atoms with van der Waals surface area (Å²) in [5.74, 6) is -1.92. The number of hydrogen-bond acceptors (Lipinski definition) is 8. The number of aromatic nitrogens is 2. The van der Waals surface area contributed by atoms with Gasteiger partial charge in [-0.1, -0.05) is 36.4 Å². The van der Waals surface area contributed by atoms with E-state index in [0.29, 0.717) is 16.9 Å². The molecule has 0 aliphatic rings. The van der Waals surface area contributed by atoms with E-state index in [1.807, 2.05) is 30.3 Å². The molecule has 1 heterocycles. The molecule has 1 amide bonds. The molecule has 13 heteroatoms. The van der Waals surface area contributed by atoms with Crippen LogP contribution in [0.4, 0.5) is 17.1 Å². The molecule has 0 saturated heterocycles. The van der Waals surface area contributed by atoms with E-state index < -0.39 is 38.3 Å². The van der Waals surface area contributed by atoms with Crippen molar-refractivity contribution in [1.29, 1.82) is 0 Å². The van der Waals surface area contributed by atoms with Gasteiger partial charge in [-0.15, -0.1) is 10.2 Å². The molecule has 0 fully saturated rings. The van der Waals surface area contributed by atoms with Crippen LogP contribution in [-0.2, 0) is 14.9 Å². The highest BCUT2D eigenvalue weighted by atomic mass is 32.2. The molecule has 0 atom stereocenters. The normalized spacial score (nSPS) is 11.8. The SMILES string of the molecule is CC(=O)Nc1ccc(/N=N/c2c(S(=O)(=O)O)cc3ccc4nc(-c5ccccc5)[nH]c4c3c2O)c(C(=O)O)c1. The van der Waals surface area contributed by atoms with E-state index in [4.69, 9.17) is 0 Å². The molecule has 1 aromatic heterocycles. The van der Waals surface area contributed by atoms with Crippen LogP contribution < -0.4 is 5.32 Å². The van der Waals surface area contributed by atoms with Crippen molar-refractivity contribution in [2.45, 2.75) is 11.8 Å². The highest BCUT2D eigenvalue weighted by Gasteiger charge is 2.24. The molecule has 0 saturated carbocycles. The highest BCUT2D eigenvalue weighted by Crippen LogP contribution is 2.44. The number of aromatic hydroxyl groups is 1. The molecule has 0 radical (unpaired) electrons. The number of nitrogens with zero attached hydrogens (tertiary/aromatic N) is 3. The average Bonchev–Trinajstić information content (AvgIpc) is 3.32. The van der Waals surface area contributed by atoms with E-state index in [-0.39, 0.29) is 27.7 Å². The first kappa shape index (κ1) is 25.5. The number of amides is 1. The van der Waals surface area contributed by atoms with E-state index >= 15 is 0 Å². The number of carbonyl (C=O) groups is 2. The summed E-state index contributed by atoms with van der Waals surface area (Å²) >= 11 is 0. The second kappa shape index (κ2) is 9.63. The van der Waals surface area contributed by atoms with E-state index in [9.17, 15) is 32.8 Å². The first-order valence-corrected chi connectivity index (χ1v) is 12.7. The monoisotopic (exact) mass is 545 g/mol. The van der Waals surface area contributed by atoms with Gasteiger partial charge < -0.3 is 20.5 Å². The number of fused-ring (bicyclic) bond motifs is 3. The summed E-state index contributed by atoms with van der Waals surface area (Å²) in [6.07, 6.45) is 0. The molecule has 0 aliphatic carbocycles. The van der Waals surface area contributed by atoms with Gasteiger partial charge in [-0.2, -0.15) is 8.42 Å². The summed E-state index contributed by atoms with van der Waals surface area (Å²) in [7, 11) is -4.89. The number of carboxylic acid groups (broad SMARTS) is 1. The number of nitrogens with one attached hydrogen (secondary N) is 2. The largest absolute Gasteiger partial charge is 0.505 e. The average molecular weight is 546 g/mol. The Morgan fingerprint density at radius 1 is 1.00 bits per heavy atom. The number of phenols is 1. The molecule has 0 bridgehead atoms. The van der Waals surface area contributed by atoms with Crippen molar-refractivity contribution >= 4 is 60.9 Å². The maximum atomic E-state index is 12.2. The number of H-pyrrole nitrogens is 1. The maximum Gasteiger partial charge on any atom is 0.338 e. The molecule has 39 heavy (non-hydrogen) atoms. The smallest absolute Gasteiger partial charge is 0.338 e. The Bertz CT molecular complexity index is 1930. The number of imidazole rings is 1. The van der Waals surface area contributed by atoms with Gasteiger partial charge in [0.05, 0.1) is 22.0 Å². The van der Waals surface area contributed by atoms with Crippen LogP contribution in [0.3, 0.4) is 0 Å². The van der Waals surface area contributed by atoms with Crippen LogP contribution in [0.2, 0.25) is 0 Å². The van der Waals surface area contributed by atoms with E-state index in [0.717, 1.165) is 17.7 Å². The first-order chi connectivity index (χ1) is 18.5. The van der Waals surface area contributed by atoms with Crippen molar-refractivity contribution in [2.75, 3.05) is 5.32 Å². The third-order valence-corrected chi connectivity index (χ3v) is 6.67. The van der Waals surface area contributed by atoms with Crippen LogP contribution in [0.1, 0.15) is 17.3 Å². The molecule has 12 nitrogen and oxygen atoms in total. The van der Waals surface area contributed by atoms with Crippen LogP contribution >= 0.6 is 0 Å². The van der Waals surface area contributed by atoms with Gasteiger partial charge in [-0.3, -0.25) is 9.35 Å². The van der Waals surface area contributed by atoms with Crippen molar-refractivity contribution in [2.24, 2.45) is 10.2 Å². The number of hydrogen-bond donors (Lipinski definition) is 5. The lowest BCUT2D eigenvalue weighted by Crippen LogP contribution is -2.07. The highest BCUT2D eigenvalue weighted by molar-refractivity contribution is 7.86. The Hall–Kier alpha value is -5.14. The first-order valence-electron chi connectivity index (χ1n) is 11.3. The van der Waals surface area contributed by atoms with Gasteiger partial charge in [0, 0.05) is 18.2 Å². The standard InChI is InChI=1S/C26H19N5O7S/c1-13(32)27-16-8-10-18(17(12-16)26(34)35)30-31-23-20(39(36,37)38)11-15-7-9-19-22(21(15)24(23)33)29-25(28-19)14-5-3-2-4-6-14/h2-12,33H,1H3,(H,27,32)(H,28,29)(H,34,35)(H,36,37,38)/b31-30+. The molecular formula is C26H19N5O7S. The molecular weight excluding hydrogens is 526 g/mol. The summed E-state index contributed by atoms with van der Waals surface area (Å²) < 4.78 is 34.3. The topological polar surface area (TPSA) is 194 Å². The molecule has 196 valence electrons. The van der Waals surface area contributed by atoms with Crippen LogP contribution in [-0.4, -0.2) is 45.0 Å². The van der Waals surface area contributed by atoms with Gasteiger partial charge in [0.25, 0.3) is 10.1 Å². The molecule has 5 aromatic rings. The molecule has 0 unspecified atom stereocenters. The zero-order valence-corrected chi connectivity index (χ0v) is 20.9. The zero-order chi connectivity index (χ0) is 27.9. The Morgan fingerprint density at radius 3 is 2.41 bits per heavy atom. The van der Waals surface area contributed by atoms with Gasteiger partial charge in [0.2, 0.25) is 5.91 Å². The summed E-state index contributed by atoms with van der Waals surface area (Å²) in [4.78, 5) is 30.1. The summed E-state index contributed by atoms with van der Waals surface area (Å²) in [6, 6.07) is 17.3. The fourth-order valence-electron chi connectivity index (χ4n) is 4.12. The van der Waals surface area contributed by atoms with Crippen LogP contribution in [0.5, 0.6) is 5.75 Å². The molecule has 5 N–H and O–H groups in total. The second-order valence-electron chi connectivity index (χ2n) is 8.47. The van der Waals surface area contributed by atoms with Crippen molar-refractivity contribution < 1.29 is 32.8 Å². The predicted octanol–water partition coefficient (Wildman–Crippen LogP) is 5.41. The minimum absolute atomic E-state index is 0.169. The van der Waals surface area contributed by atoms with Crippen molar-refractivity contribution in [3.63, 3.8) is 0 Å². The lowest BCUT2D eigenvalue weighted by Gasteiger charge is -2.10. The zero-order valence-electron chi connectivity index (χ0n) is 20.1. The Morgan fingerprint density at radius 2 is 1.74 bits per heavy atom. The Balaban J connectivity index is 1.71. The number of aromatic amines is 1. The molecule has 4 aromatic carbocycles. The fraction of sp³-hybridized carbons (Fsp3) is 0.0385. The minimum atomic E-state index is -4.89. The predicted molar refractivity (Wildman–Crippen MR) is 142 cm³/mol. The van der Waals surface area contributed by atoms with Gasteiger partial charge >= 0.3 is 5.97 Å². The van der Waals surface area contributed by atoms with Crippen LogP contribution in [0, 0.1) is 0 Å². The molecule has 5 rings (SSSR count). The Labute approximate surface area is 220 Å². The van der Waals surface area contributed by atoms with Gasteiger partial charge in [-0.25, -0.2) is 9.78 Å². The summed E-state index contributed by atoms with van der Waals surface area (Å²) in [5, 5.41) is 31.4. The molecule has 0 spiro atoms. The maximum absolute atomic E-state index is 12.2. The number of carboxylic acids is 1. The van der Waals surface area contributed by atoms with Crippen molar-refractivity contribution in [3.8, 4) is 17.1 Å². The lowest BCUT2D eigenvalue weighted by molar-refractivity contribution is -0.114. The van der Waals surface area contributed by atoms with Crippen molar-refractivity contribution in [1.82, 2.24) is 9.97 Å². The van der Waals surface area contributed by atoms with E-state index in [1.54, 1.807) is 6.07 Å². The van der Waals surface area contributed by atoms with E-state index in [2.05, 4.69) is 25.5 Å². The fourth-order valence-corrected chi connectivity index (χ4v) is 4.78. The minimum Gasteiger partial charge on any atom is -0.505 e. The number of phenolic OH excluding ortho intramolecular Hbond substituents is 1. The molecule has 0 aliphatic heterocycles. The van der Waals surface area contributed by atoms with Crippen LogP contribution in [0.15, 0.2) is 81.9 Å². The number of aromatic carboxylic acids is 1. The Kier molecular flexibility index (Phi) is 6.30. The number of benzene rings is 4. The van der Waals surface area contributed by atoms with Crippen molar-refractivity contribution in [3.05, 3.63) is 72.3 Å². The summed E-state index contributed by atoms with van der Waals surface area (Å²) in [6.45, 7) is 1.26. The number of azo groups is 1.